The molecule has 2 fully saturated rings. The van der Waals surface area contributed by atoms with Crippen molar-refractivity contribution in [2.24, 2.45) is 0 Å². The van der Waals surface area contributed by atoms with Gasteiger partial charge in [0.15, 0.2) is 6.61 Å². The summed E-state index contributed by atoms with van der Waals surface area (Å²) in [6, 6.07) is 23.4. The van der Waals surface area contributed by atoms with E-state index in [0.29, 0.717) is 18.8 Å². The largest absolute Gasteiger partial charge is 0.484 e. The molecule has 0 aliphatic carbocycles. The monoisotopic (exact) mass is 446 g/mol. The lowest BCUT2D eigenvalue weighted by Crippen LogP contribution is -2.54. The van der Waals surface area contributed by atoms with Crippen molar-refractivity contribution in [1.82, 2.24) is 9.80 Å². The van der Waals surface area contributed by atoms with Gasteiger partial charge in [-0.25, -0.2) is 0 Å². The first-order valence-corrected chi connectivity index (χ1v) is 12.0. The fourth-order valence-electron chi connectivity index (χ4n) is 4.68. The molecular formula is C26H26N2O3S. The topological polar surface area (TPSA) is 49.9 Å². The Kier molecular flexibility index (Phi) is 5.79. The zero-order valence-corrected chi connectivity index (χ0v) is 18.7. The number of hydrogen-bond acceptors (Lipinski definition) is 4. The summed E-state index contributed by atoms with van der Waals surface area (Å²) < 4.78 is 5.70. The first-order chi connectivity index (χ1) is 15.6. The summed E-state index contributed by atoms with van der Waals surface area (Å²) >= 11 is 1.85. The van der Waals surface area contributed by atoms with Gasteiger partial charge in [-0.15, -0.1) is 11.8 Å². The van der Waals surface area contributed by atoms with Gasteiger partial charge in [0.25, 0.3) is 11.8 Å². The van der Waals surface area contributed by atoms with Gasteiger partial charge in [0, 0.05) is 31.0 Å². The highest BCUT2D eigenvalue weighted by molar-refractivity contribution is 8.00. The Bertz CT molecular complexity index is 1130. The van der Waals surface area contributed by atoms with Crippen LogP contribution in [0.5, 0.6) is 5.75 Å². The molecule has 2 saturated heterocycles. The van der Waals surface area contributed by atoms with Crippen LogP contribution in [-0.2, 0) is 4.79 Å². The van der Waals surface area contributed by atoms with E-state index in [4.69, 9.17) is 4.74 Å². The van der Waals surface area contributed by atoms with Crippen LogP contribution in [-0.4, -0.2) is 58.5 Å². The maximum Gasteiger partial charge on any atom is 0.261 e. The Hall–Kier alpha value is -2.99. The molecule has 0 aromatic heterocycles. The number of para-hydroxylation sites is 1. The van der Waals surface area contributed by atoms with Crippen LogP contribution in [0, 0.1) is 0 Å². The number of carbonyl (C=O) groups excluding carboxylic acids is 2. The summed E-state index contributed by atoms with van der Waals surface area (Å²) in [6.07, 6.45) is 1.57. The molecule has 3 aromatic rings. The molecule has 2 amide bonds. The van der Waals surface area contributed by atoms with Crippen molar-refractivity contribution in [3.8, 4) is 5.75 Å². The summed E-state index contributed by atoms with van der Waals surface area (Å²) in [5.41, 5.74) is 0.725. The number of carbonyl (C=O) groups is 2. The van der Waals surface area contributed by atoms with Crippen molar-refractivity contribution in [2.75, 3.05) is 32.0 Å². The number of rotatable bonds is 4. The highest BCUT2D eigenvalue weighted by Crippen LogP contribution is 2.44. The molecule has 164 valence electrons. The summed E-state index contributed by atoms with van der Waals surface area (Å²) in [4.78, 5) is 29.8. The smallest absolute Gasteiger partial charge is 0.261 e. The quantitative estimate of drug-likeness (QED) is 0.595. The van der Waals surface area contributed by atoms with Crippen molar-refractivity contribution in [2.45, 2.75) is 17.7 Å². The molecule has 2 aliphatic heterocycles. The molecule has 0 bridgehead atoms. The summed E-state index contributed by atoms with van der Waals surface area (Å²) in [6.45, 7) is 2.09. The third-order valence-corrected chi connectivity index (χ3v) is 7.97. The number of benzene rings is 3. The molecule has 0 radical (unpaired) electrons. The Morgan fingerprint density at radius 2 is 1.59 bits per heavy atom. The first-order valence-electron chi connectivity index (χ1n) is 11.1. The van der Waals surface area contributed by atoms with Gasteiger partial charge in [0.2, 0.25) is 0 Å². The Morgan fingerprint density at radius 1 is 0.875 bits per heavy atom. The molecule has 2 heterocycles. The standard InChI is InChI=1S/C26H26N2O3S/c29-24(19-31-23-8-2-1-3-9-23)28-16-17-32-26(28)12-14-27(15-13-26)25(30)22-11-10-20-6-4-5-7-21(20)18-22/h1-11,18H,12-17,19H2. The van der Waals surface area contributed by atoms with Crippen LogP contribution in [0.25, 0.3) is 10.8 Å². The Morgan fingerprint density at radius 3 is 2.38 bits per heavy atom. The van der Waals surface area contributed by atoms with Gasteiger partial charge < -0.3 is 14.5 Å². The second-order valence-corrected chi connectivity index (χ2v) is 9.75. The SMILES string of the molecule is O=C(c1ccc2ccccc2c1)N1CCC2(CC1)SCCN2C(=O)COc1ccccc1. The summed E-state index contributed by atoms with van der Waals surface area (Å²) in [5.74, 6) is 1.72. The number of thioether (sulfide) groups is 1. The third kappa shape index (κ3) is 4.07. The highest BCUT2D eigenvalue weighted by atomic mass is 32.2. The average Bonchev–Trinajstić information content (AvgIpc) is 3.26. The second-order valence-electron chi connectivity index (χ2n) is 8.30. The fourth-order valence-corrected chi connectivity index (χ4v) is 6.15. The van der Waals surface area contributed by atoms with Crippen LogP contribution in [0.15, 0.2) is 72.8 Å². The predicted octanol–water partition coefficient (Wildman–Crippen LogP) is 4.43. The normalized spacial score (nSPS) is 17.6. The van der Waals surface area contributed by atoms with Gasteiger partial charge in [-0.1, -0.05) is 48.5 Å². The van der Waals surface area contributed by atoms with Gasteiger partial charge in [0.05, 0.1) is 4.87 Å². The van der Waals surface area contributed by atoms with Gasteiger partial charge in [-0.3, -0.25) is 9.59 Å². The van der Waals surface area contributed by atoms with Gasteiger partial charge >= 0.3 is 0 Å². The molecule has 3 aromatic carbocycles. The lowest BCUT2D eigenvalue weighted by Gasteiger charge is -2.44. The van der Waals surface area contributed by atoms with Crippen LogP contribution in [0.3, 0.4) is 0 Å². The number of hydrogen-bond donors (Lipinski definition) is 0. The molecule has 0 N–H and O–H groups in total. The number of ether oxygens (including phenoxy) is 1. The van der Waals surface area contributed by atoms with Crippen LogP contribution in [0.2, 0.25) is 0 Å². The predicted molar refractivity (Wildman–Crippen MR) is 128 cm³/mol. The van der Waals surface area contributed by atoms with Crippen molar-refractivity contribution < 1.29 is 14.3 Å². The number of likely N-dealkylation sites (tertiary alicyclic amines) is 1. The average molecular weight is 447 g/mol. The number of amides is 2. The molecule has 6 heteroatoms. The summed E-state index contributed by atoms with van der Waals surface area (Å²) in [5, 5.41) is 2.21. The van der Waals surface area contributed by atoms with E-state index in [1.807, 2.05) is 88.3 Å². The lowest BCUT2D eigenvalue weighted by atomic mass is 10.00. The molecule has 2 aliphatic rings. The Labute approximate surface area is 192 Å². The molecular weight excluding hydrogens is 420 g/mol. The molecule has 0 atom stereocenters. The van der Waals surface area contributed by atoms with Gasteiger partial charge in [-0.05, 0) is 47.9 Å². The maximum absolute atomic E-state index is 13.1. The van der Waals surface area contributed by atoms with E-state index in [-0.39, 0.29) is 23.3 Å². The molecule has 1 spiro atoms. The van der Waals surface area contributed by atoms with E-state index in [1.54, 1.807) is 0 Å². The molecule has 0 saturated carbocycles. The minimum atomic E-state index is -0.225. The number of nitrogens with zero attached hydrogens (tertiary/aromatic N) is 2. The van der Waals surface area contributed by atoms with E-state index in [1.165, 1.54) is 0 Å². The Balaban J connectivity index is 1.23. The lowest BCUT2D eigenvalue weighted by molar-refractivity contribution is -0.136. The minimum absolute atomic E-state index is 0.0214. The maximum atomic E-state index is 13.1. The molecule has 5 nitrogen and oxygen atoms in total. The van der Waals surface area contributed by atoms with Crippen LogP contribution in [0.1, 0.15) is 23.2 Å². The van der Waals surface area contributed by atoms with E-state index in [2.05, 4.69) is 6.07 Å². The minimum Gasteiger partial charge on any atom is -0.484 e. The third-order valence-electron chi connectivity index (χ3n) is 6.41. The fraction of sp³-hybridized carbons (Fsp3) is 0.308. The zero-order chi connectivity index (χ0) is 22.0. The number of piperidine rings is 1. The van der Waals surface area contributed by atoms with Crippen LogP contribution in [0.4, 0.5) is 0 Å². The first kappa shape index (κ1) is 20.9. The summed E-state index contributed by atoms with van der Waals surface area (Å²) in [7, 11) is 0. The molecule has 32 heavy (non-hydrogen) atoms. The number of fused-ring (bicyclic) bond motifs is 1. The highest BCUT2D eigenvalue weighted by Gasteiger charge is 2.46. The van der Waals surface area contributed by atoms with Crippen LogP contribution >= 0.6 is 11.8 Å². The van der Waals surface area contributed by atoms with Crippen molar-refractivity contribution >= 4 is 34.3 Å². The molecule has 0 unspecified atom stereocenters. The zero-order valence-electron chi connectivity index (χ0n) is 17.9. The van der Waals surface area contributed by atoms with Crippen molar-refractivity contribution in [1.29, 1.82) is 0 Å². The van der Waals surface area contributed by atoms with E-state index < -0.39 is 0 Å². The van der Waals surface area contributed by atoms with Crippen molar-refractivity contribution in [3.05, 3.63) is 78.4 Å². The van der Waals surface area contributed by atoms with Gasteiger partial charge in [0.1, 0.15) is 5.75 Å². The second kappa shape index (κ2) is 8.87. The van der Waals surface area contributed by atoms with E-state index >= 15 is 0 Å². The molecule has 5 rings (SSSR count). The van der Waals surface area contributed by atoms with E-state index in [0.717, 1.165) is 41.5 Å². The van der Waals surface area contributed by atoms with E-state index in [9.17, 15) is 9.59 Å². The van der Waals surface area contributed by atoms with Gasteiger partial charge in [-0.2, -0.15) is 0 Å². The van der Waals surface area contributed by atoms with Crippen LogP contribution < -0.4 is 4.74 Å². The van der Waals surface area contributed by atoms with Crippen molar-refractivity contribution in [3.63, 3.8) is 0 Å².